The van der Waals surface area contributed by atoms with Crippen LogP contribution in [0, 0.1) is 5.92 Å². The lowest BCUT2D eigenvalue weighted by atomic mass is 10.1. The molecule has 0 spiro atoms. The lowest BCUT2D eigenvalue weighted by molar-refractivity contribution is -0.144. The Morgan fingerprint density at radius 2 is 1.32 bits per heavy atom. The molecule has 1 atom stereocenters. The van der Waals surface area contributed by atoms with E-state index in [9.17, 15) is 4.79 Å². The van der Waals surface area contributed by atoms with E-state index in [4.69, 9.17) is 4.74 Å². The number of methoxy groups -OCH3 is 1. The quantitative estimate of drug-likeness (QED) is 0.337. The first kappa shape index (κ1) is 22.1. The second-order valence-corrected chi connectivity index (χ2v) is 51.0. The van der Waals surface area contributed by atoms with Gasteiger partial charge in [-0.3, -0.25) is 4.79 Å². The fourth-order valence-corrected chi connectivity index (χ4v) is 104. The Bertz CT molecular complexity index is 364. The first-order valence-electron chi connectivity index (χ1n) is 8.34. The molecule has 22 heavy (non-hydrogen) atoms. The van der Waals surface area contributed by atoms with Crippen LogP contribution in [-0.2, 0) is 9.53 Å². The molecule has 0 aliphatic carbocycles. The van der Waals surface area contributed by atoms with Crippen molar-refractivity contribution in [2.24, 2.45) is 5.92 Å². The molecular weight excluding hydrogens is 337 g/mol. The molecule has 0 aromatic rings. The van der Waals surface area contributed by atoms with Gasteiger partial charge in [0.05, 0.1) is 13.0 Å². The second-order valence-electron chi connectivity index (χ2n) is 9.60. The Kier molecular flexibility index (Phi) is 7.34. The van der Waals surface area contributed by atoms with E-state index >= 15 is 0 Å². The van der Waals surface area contributed by atoms with Crippen LogP contribution in [0.4, 0.5) is 0 Å². The van der Waals surface area contributed by atoms with Crippen LogP contribution in [0.25, 0.3) is 0 Å². The van der Waals surface area contributed by atoms with Gasteiger partial charge in [0.15, 0.2) is 0 Å². The number of hydrogen-bond acceptors (Lipinski definition) is 2. The van der Waals surface area contributed by atoms with E-state index in [-0.39, 0.29) is 11.9 Å². The molecule has 0 rings (SSSR count). The third kappa shape index (κ3) is 4.33. The molecule has 0 radical (unpaired) electrons. The van der Waals surface area contributed by atoms with Crippen LogP contribution in [-0.4, -0.2) is 42.5 Å². The number of hydrogen-bond donors (Lipinski definition) is 0. The molecule has 0 N–H and O–H groups in total. The van der Waals surface area contributed by atoms with Crippen LogP contribution < -0.4 is 0 Å². The molecule has 0 aromatic heterocycles. The van der Waals surface area contributed by atoms with Gasteiger partial charge in [-0.15, -0.1) is 6.58 Å². The highest BCUT2D eigenvalue weighted by molar-refractivity contribution is 7.89. The normalized spacial score (nSPS) is 15.4. The largest absolute Gasteiger partial charge is 0.469 e. The summed E-state index contributed by atoms with van der Waals surface area (Å²) in [5.74, 6) is 0.00543. The molecule has 130 valence electrons. The molecule has 0 aliphatic rings. The van der Waals surface area contributed by atoms with Crippen LogP contribution in [0.1, 0.15) is 6.42 Å². The number of ether oxygens (including phenoxy) is 1. The molecule has 6 heteroatoms. The predicted molar refractivity (Wildman–Crippen MR) is 111 cm³/mol. The zero-order chi connectivity index (χ0) is 18.0. The standard InChI is InChI=1S/C16H38O2Si4/c1-12-13-15(16(17)18-2)14-22(19(3,4)5,20(6,7)8)21(9,10)11/h12,15H,1,13-14H2,2-11H3. The van der Waals surface area contributed by atoms with Gasteiger partial charge in [-0.05, 0) is 12.5 Å². The van der Waals surface area contributed by atoms with Crippen molar-refractivity contribution < 1.29 is 9.53 Å². The maximum atomic E-state index is 12.4. The summed E-state index contributed by atoms with van der Waals surface area (Å²) in [6, 6.07) is 1.13. The minimum Gasteiger partial charge on any atom is -0.469 e. The maximum Gasteiger partial charge on any atom is 0.308 e. The lowest BCUT2D eigenvalue weighted by Gasteiger charge is -2.58. The van der Waals surface area contributed by atoms with Gasteiger partial charge in [-0.25, -0.2) is 0 Å². The molecule has 0 heterocycles. The number of allylic oxidation sites excluding steroid dienone is 1. The highest BCUT2D eigenvalue weighted by Gasteiger charge is 2.62. The van der Waals surface area contributed by atoms with Crippen molar-refractivity contribution in [3.63, 3.8) is 0 Å². The molecule has 0 fully saturated rings. The van der Waals surface area contributed by atoms with E-state index in [0.717, 1.165) is 12.5 Å². The van der Waals surface area contributed by atoms with Crippen molar-refractivity contribution in [1.82, 2.24) is 0 Å². The van der Waals surface area contributed by atoms with Crippen molar-refractivity contribution in [3.05, 3.63) is 12.7 Å². The fraction of sp³-hybridized carbons (Fsp3) is 0.812. The molecule has 0 aromatic carbocycles. The van der Waals surface area contributed by atoms with Gasteiger partial charge in [-0.2, -0.15) is 0 Å². The van der Waals surface area contributed by atoms with E-state index in [1.54, 1.807) is 0 Å². The third-order valence-electron chi connectivity index (χ3n) is 5.38. The van der Waals surface area contributed by atoms with Gasteiger partial charge in [0.25, 0.3) is 0 Å². The van der Waals surface area contributed by atoms with Crippen LogP contribution >= 0.6 is 0 Å². The van der Waals surface area contributed by atoms with E-state index in [1.807, 2.05) is 6.08 Å². The Hall–Kier alpha value is 0.0775. The maximum absolute atomic E-state index is 12.4. The molecule has 0 saturated carbocycles. The van der Waals surface area contributed by atoms with Gasteiger partial charge < -0.3 is 4.74 Å². The Balaban J connectivity index is 6.19. The van der Waals surface area contributed by atoms with E-state index in [2.05, 4.69) is 65.5 Å². The number of carbonyl (C=O) groups excluding carboxylic acids is 1. The highest BCUT2D eigenvalue weighted by Crippen LogP contribution is 2.42. The van der Waals surface area contributed by atoms with Gasteiger partial charge in [0, 0.05) is 29.4 Å². The highest BCUT2D eigenvalue weighted by atomic mass is 29.9. The van der Waals surface area contributed by atoms with Crippen LogP contribution in [0.2, 0.25) is 65.0 Å². The van der Waals surface area contributed by atoms with Crippen molar-refractivity contribution in [2.45, 2.75) is 71.4 Å². The summed E-state index contributed by atoms with van der Waals surface area (Å²) in [6.45, 7) is 25.5. The van der Waals surface area contributed by atoms with E-state index in [1.165, 1.54) is 7.11 Å². The molecule has 2 nitrogen and oxygen atoms in total. The monoisotopic (exact) mass is 374 g/mol. The Morgan fingerprint density at radius 1 is 0.955 bits per heavy atom. The summed E-state index contributed by atoms with van der Waals surface area (Å²) in [5, 5.41) is 0. The summed E-state index contributed by atoms with van der Waals surface area (Å²) in [5.41, 5.74) is 0. The molecule has 0 saturated heterocycles. The van der Waals surface area contributed by atoms with Crippen LogP contribution in [0.3, 0.4) is 0 Å². The topological polar surface area (TPSA) is 26.3 Å². The van der Waals surface area contributed by atoms with Gasteiger partial charge in [0.1, 0.15) is 0 Å². The summed E-state index contributed by atoms with van der Waals surface area (Å²) in [4.78, 5) is 12.4. The number of rotatable bonds is 8. The summed E-state index contributed by atoms with van der Waals surface area (Å²) < 4.78 is 5.13. The zero-order valence-corrected chi connectivity index (χ0v) is 20.6. The second kappa shape index (κ2) is 7.32. The predicted octanol–water partition coefficient (Wildman–Crippen LogP) is 5.05. The van der Waals surface area contributed by atoms with Crippen molar-refractivity contribution in [3.8, 4) is 0 Å². The smallest absolute Gasteiger partial charge is 0.308 e. The summed E-state index contributed by atoms with van der Waals surface area (Å²) >= 11 is 0. The zero-order valence-electron chi connectivity index (χ0n) is 16.6. The average Bonchev–Trinajstić information content (AvgIpc) is 2.28. The Morgan fingerprint density at radius 3 is 1.55 bits per heavy atom. The summed E-state index contributed by atoms with van der Waals surface area (Å²) in [6.07, 6.45) is 2.67. The van der Waals surface area contributed by atoms with Crippen molar-refractivity contribution in [1.29, 1.82) is 0 Å². The van der Waals surface area contributed by atoms with Crippen LogP contribution in [0.5, 0.6) is 0 Å². The van der Waals surface area contributed by atoms with Crippen molar-refractivity contribution in [2.75, 3.05) is 7.11 Å². The van der Waals surface area contributed by atoms with E-state index in [0.29, 0.717) is 0 Å². The molecule has 1 unspecified atom stereocenters. The number of carbonyl (C=O) groups is 1. The first-order valence-corrected chi connectivity index (χ1v) is 24.0. The van der Waals surface area contributed by atoms with Crippen molar-refractivity contribution >= 4 is 35.4 Å². The SMILES string of the molecule is C=CCC(C[Si]([Si](C)(C)C)([Si](C)(C)C)[Si](C)(C)C)C(=O)OC. The molecule has 0 amide bonds. The van der Waals surface area contributed by atoms with Gasteiger partial charge in [-0.1, -0.05) is 65.0 Å². The first-order chi connectivity index (χ1) is 9.65. The van der Waals surface area contributed by atoms with Crippen LogP contribution in [0.15, 0.2) is 12.7 Å². The van der Waals surface area contributed by atoms with Gasteiger partial charge >= 0.3 is 5.97 Å². The molecular formula is C16H38O2Si4. The minimum atomic E-state index is -1.51. The summed E-state index contributed by atoms with van der Waals surface area (Å²) in [7, 11) is -2.49. The fourth-order valence-electron chi connectivity index (χ4n) is 5.29. The number of esters is 1. The minimum absolute atomic E-state index is 0.0217. The van der Waals surface area contributed by atoms with Gasteiger partial charge in [0.2, 0.25) is 0 Å². The lowest BCUT2D eigenvalue weighted by Crippen LogP contribution is -2.83. The average molecular weight is 375 g/mol. The Labute approximate surface area is 142 Å². The molecule has 0 aliphatic heterocycles. The van der Waals surface area contributed by atoms with E-state index < -0.39 is 29.4 Å². The third-order valence-corrected chi connectivity index (χ3v) is 79.5. The molecule has 0 bridgehead atoms.